The molecule has 2 rings (SSSR count). The molecule has 2 atom stereocenters. The van der Waals surface area contributed by atoms with Crippen LogP contribution in [0, 0.1) is 0 Å². The monoisotopic (exact) mass is 521 g/mol. The van der Waals surface area contributed by atoms with E-state index in [1.54, 1.807) is 17.8 Å². The van der Waals surface area contributed by atoms with Gasteiger partial charge in [0.1, 0.15) is 0 Å². The largest absolute Gasteiger partial charge is 0.524 e. The molecule has 30 heavy (non-hydrogen) atoms. The number of alkyl halides is 3. The second-order valence-electron chi connectivity index (χ2n) is 6.69. The number of hydrogen-bond acceptors (Lipinski definition) is 8. The average Bonchev–Trinajstić information content (AvgIpc) is 3.07. The fraction of sp³-hybridized carbons (Fsp3) is 0.667. The molecule has 1 aliphatic rings. The van der Waals surface area contributed by atoms with E-state index in [1.807, 2.05) is 23.9 Å². The number of hydrogen-bond donors (Lipinski definition) is 2. The first kappa shape index (κ1) is 26.5. The summed E-state index contributed by atoms with van der Waals surface area (Å²) >= 11 is 12.3. The van der Waals surface area contributed by atoms with Crippen molar-refractivity contribution >= 4 is 58.9 Å². The van der Waals surface area contributed by atoms with Crippen molar-refractivity contribution in [1.82, 2.24) is 5.06 Å². The molecular weight excluding hydrogens is 496 g/mol. The summed E-state index contributed by atoms with van der Waals surface area (Å²) in [7, 11) is -5.69. The molecule has 0 saturated carbocycles. The molecule has 1 aromatic carbocycles. The predicted molar refractivity (Wildman–Crippen MR) is 126 cm³/mol. The summed E-state index contributed by atoms with van der Waals surface area (Å²) in [5, 5.41) is 1.30. The number of benzene rings is 1. The third-order valence-electron chi connectivity index (χ3n) is 4.51. The van der Waals surface area contributed by atoms with E-state index in [9.17, 15) is 21.6 Å². The van der Waals surface area contributed by atoms with Crippen LogP contribution in [0.2, 0.25) is 0 Å². The standard InChI is InChI=1S/C18H26F3NO3S5/c1-2-4-16(28-9-7-26)17(29-10-8-27)14-6-3-5-13-11-22(12-15(13)14)25-30(23,24)18(19,20)21/h3,5-6,16-17,26-27H,2,4,7-12H2,1H3. The van der Waals surface area contributed by atoms with E-state index in [2.05, 4.69) is 36.5 Å². The van der Waals surface area contributed by atoms with E-state index in [4.69, 9.17) is 0 Å². The van der Waals surface area contributed by atoms with Gasteiger partial charge in [-0.1, -0.05) is 31.5 Å². The van der Waals surface area contributed by atoms with E-state index in [-0.39, 0.29) is 18.3 Å². The molecule has 0 bridgehead atoms. The Hall–Kier alpha value is 0.280. The van der Waals surface area contributed by atoms with Gasteiger partial charge in [-0.2, -0.15) is 79.7 Å². The minimum absolute atomic E-state index is 0.00513. The van der Waals surface area contributed by atoms with E-state index in [1.165, 1.54) is 0 Å². The SMILES string of the molecule is CCCC(SCCS)C(SCCS)c1cccc2c1CN(OS(=O)(=O)C(F)(F)F)C2. The summed E-state index contributed by atoms with van der Waals surface area (Å²) in [5.74, 6) is 3.21. The predicted octanol–water partition coefficient (Wildman–Crippen LogP) is 5.32. The van der Waals surface area contributed by atoms with Crippen molar-refractivity contribution in [1.29, 1.82) is 0 Å². The molecule has 4 nitrogen and oxygen atoms in total. The minimum Gasteiger partial charge on any atom is -0.188 e. The highest BCUT2D eigenvalue weighted by Gasteiger charge is 2.49. The number of nitrogens with zero attached hydrogens (tertiary/aromatic N) is 1. The van der Waals surface area contributed by atoms with Crippen LogP contribution in [0.5, 0.6) is 0 Å². The summed E-state index contributed by atoms with van der Waals surface area (Å²) in [5.41, 5.74) is -2.79. The van der Waals surface area contributed by atoms with Crippen LogP contribution < -0.4 is 0 Å². The fourth-order valence-electron chi connectivity index (χ4n) is 3.31. The Morgan fingerprint density at radius 3 is 2.43 bits per heavy atom. The van der Waals surface area contributed by atoms with Gasteiger partial charge in [0.2, 0.25) is 0 Å². The number of halogens is 3. The second kappa shape index (κ2) is 11.9. The highest BCUT2D eigenvalue weighted by molar-refractivity contribution is 8.04. The van der Waals surface area contributed by atoms with Gasteiger partial charge in [-0.25, -0.2) is 0 Å². The zero-order chi connectivity index (χ0) is 22.4. The van der Waals surface area contributed by atoms with Crippen molar-refractivity contribution in [2.24, 2.45) is 0 Å². The maximum atomic E-state index is 12.7. The van der Waals surface area contributed by atoms with Crippen LogP contribution >= 0.6 is 48.8 Å². The number of fused-ring (bicyclic) bond motifs is 1. The molecule has 1 heterocycles. The van der Waals surface area contributed by atoms with Gasteiger partial charge in [-0.15, -0.1) is 0 Å². The molecule has 0 aromatic heterocycles. The Morgan fingerprint density at radius 1 is 1.17 bits per heavy atom. The van der Waals surface area contributed by atoms with Gasteiger partial charge in [-0.05, 0) is 34.6 Å². The van der Waals surface area contributed by atoms with E-state index in [0.29, 0.717) is 11.0 Å². The van der Waals surface area contributed by atoms with Crippen LogP contribution in [0.1, 0.15) is 41.7 Å². The second-order valence-corrected chi connectivity index (χ2v) is 11.7. The van der Waals surface area contributed by atoms with Gasteiger partial charge in [0.05, 0.1) is 13.1 Å². The molecule has 12 heteroatoms. The van der Waals surface area contributed by atoms with Crippen LogP contribution in [-0.4, -0.2) is 47.3 Å². The first-order valence-electron chi connectivity index (χ1n) is 9.46. The zero-order valence-corrected chi connectivity index (χ0v) is 20.7. The van der Waals surface area contributed by atoms with E-state index < -0.39 is 15.6 Å². The average molecular weight is 522 g/mol. The first-order valence-corrected chi connectivity index (χ1v) is 14.2. The Morgan fingerprint density at radius 2 is 1.83 bits per heavy atom. The fourth-order valence-corrected chi connectivity index (χ4v) is 7.12. The lowest BCUT2D eigenvalue weighted by Gasteiger charge is -2.28. The van der Waals surface area contributed by atoms with Crippen molar-refractivity contribution in [2.75, 3.05) is 23.0 Å². The topological polar surface area (TPSA) is 46.6 Å². The summed E-state index contributed by atoms with van der Waals surface area (Å²) in [6.07, 6.45) is 2.01. The smallest absolute Gasteiger partial charge is 0.188 e. The van der Waals surface area contributed by atoms with Crippen molar-refractivity contribution in [3.8, 4) is 0 Å². The maximum Gasteiger partial charge on any atom is 0.524 e. The summed E-state index contributed by atoms with van der Waals surface area (Å²) < 4.78 is 65.4. The molecule has 172 valence electrons. The summed E-state index contributed by atoms with van der Waals surface area (Å²) in [6.45, 7) is 2.11. The highest BCUT2D eigenvalue weighted by atomic mass is 32.2. The zero-order valence-electron chi connectivity index (χ0n) is 16.5. The molecule has 0 N–H and O–H groups in total. The maximum absolute atomic E-state index is 12.7. The van der Waals surface area contributed by atoms with Gasteiger partial charge >= 0.3 is 15.6 Å². The normalized spacial score (nSPS) is 17.1. The third kappa shape index (κ3) is 6.89. The Balaban J connectivity index is 2.31. The Kier molecular flexibility index (Phi) is 10.6. The van der Waals surface area contributed by atoms with Crippen LogP contribution in [0.3, 0.4) is 0 Å². The van der Waals surface area contributed by atoms with E-state index in [0.717, 1.165) is 51.9 Å². The molecule has 0 saturated heterocycles. The summed E-state index contributed by atoms with van der Waals surface area (Å²) in [6, 6.07) is 5.66. The number of thioether (sulfide) groups is 2. The van der Waals surface area contributed by atoms with Crippen LogP contribution in [-0.2, 0) is 27.5 Å². The molecule has 0 spiro atoms. The van der Waals surface area contributed by atoms with Crippen molar-refractivity contribution in [3.63, 3.8) is 0 Å². The van der Waals surface area contributed by atoms with Gasteiger partial charge in [0.15, 0.2) is 0 Å². The lowest BCUT2D eigenvalue weighted by atomic mass is 9.98. The van der Waals surface area contributed by atoms with Gasteiger partial charge in [-0.3, -0.25) is 0 Å². The Bertz CT molecular complexity index is 792. The van der Waals surface area contributed by atoms with Crippen LogP contribution in [0.15, 0.2) is 18.2 Å². The summed E-state index contributed by atoms with van der Waals surface area (Å²) in [4.78, 5) is 0. The molecule has 0 amide bonds. The van der Waals surface area contributed by atoms with Crippen molar-refractivity contribution in [2.45, 2.75) is 48.9 Å². The molecule has 0 fully saturated rings. The van der Waals surface area contributed by atoms with Gasteiger partial charge < -0.3 is 0 Å². The quantitative estimate of drug-likeness (QED) is 0.287. The lowest BCUT2D eigenvalue weighted by molar-refractivity contribution is -0.105. The van der Waals surface area contributed by atoms with Crippen molar-refractivity contribution < 1.29 is 25.9 Å². The van der Waals surface area contributed by atoms with Crippen molar-refractivity contribution in [3.05, 3.63) is 34.9 Å². The number of thiol groups is 2. The number of hydroxylamine groups is 2. The van der Waals surface area contributed by atoms with Crippen LogP contribution in [0.4, 0.5) is 13.2 Å². The van der Waals surface area contributed by atoms with Crippen LogP contribution in [0.25, 0.3) is 0 Å². The molecule has 1 aromatic rings. The molecule has 2 unspecified atom stereocenters. The highest BCUT2D eigenvalue weighted by Crippen LogP contribution is 2.44. The molecule has 1 aliphatic heterocycles. The third-order valence-corrected chi connectivity index (χ3v) is 9.46. The molecule has 0 aliphatic carbocycles. The first-order chi connectivity index (χ1) is 14.1. The molecule has 0 radical (unpaired) electrons. The minimum atomic E-state index is -5.69. The Labute approximate surface area is 196 Å². The lowest BCUT2D eigenvalue weighted by Crippen LogP contribution is -2.32. The van der Waals surface area contributed by atoms with Gasteiger partial charge in [0, 0.05) is 22.0 Å². The molecular formula is C18H26F3NO3S5. The van der Waals surface area contributed by atoms with Gasteiger partial charge in [0.25, 0.3) is 0 Å². The number of rotatable bonds is 12. The van der Waals surface area contributed by atoms with E-state index >= 15 is 0 Å².